The zero-order valence-electron chi connectivity index (χ0n) is 6.64. The third-order valence-corrected chi connectivity index (χ3v) is 1.97. The highest BCUT2D eigenvalue weighted by molar-refractivity contribution is 5.91. The van der Waals surface area contributed by atoms with E-state index in [1.54, 1.807) is 6.20 Å². The van der Waals surface area contributed by atoms with Crippen molar-refractivity contribution in [2.24, 2.45) is 0 Å². The highest BCUT2D eigenvalue weighted by Gasteiger charge is 2.01. The first-order chi connectivity index (χ1) is 6.43. The molecule has 0 spiro atoms. The molecular weight excluding hydrogens is 166 g/mol. The lowest BCUT2D eigenvalue weighted by atomic mass is 10.2. The van der Waals surface area contributed by atoms with Gasteiger partial charge in [0.25, 0.3) is 0 Å². The molecule has 0 aliphatic carbocycles. The van der Waals surface area contributed by atoms with Gasteiger partial charge in [-0.05, 0) is 12.1 Å². The quantitative estimate of drug-likeness (QED) is 0.517. The molecule has 0 aliphatic heterocycles. The second-order valence-electron chi connectivity index (χ2n) is 2.76. The summed E-state index contributed by atoms with van der Waals surface area (Å²) in [7, 11) is 0. The monoisotopic (exact) mass is 171 g/mol. The summed E-state index contributed by atoms with van der Waals surface area (Å²) in [5.41, 5.74) is 2.45. The highest BCUT2D eigenvalue weighted by Crippen LogP contribution is 2.18. The van der Waals surface area contributed by atoms with Crippen molar-refractivity contribution in [2.75, 3.05) is 0 Å². The molecule has 0 radical (unpaired) electrons. The Bertz CT molecular complexity index is 523. The van der Waals surface area contributed by atoms with Crippen LogP contribution in [0.4, 0.5) is 0 Å². The molecule has 3 rings (SSSR count). The van der Waals surface area contributed by atoms with Crippen LogP contribution >= 0.6 is 0 Å². The first kappa shape index (κ1) is 6.54. The number of hydrogen-bond donors (Lipinski definition) is 0. The average molecular weight is 171 g/mol. The molecule has 0 unspecified atom stereocenters. The van der Waals surface area contributed by atoms with Crippen molar-refractivity contribution in [3.63, 3.8) is 0 Å². The Kier molecular flexibility index (Phi) is 1.14. The molecule has 4 heteroatoms. The van der Waals surface area contributed by atoms with E-state index < -0.39 is 0 Å². The van der Waals surface area contributed by atoms with Crippen LogP contribution in [0.25, 0.3) is 22.0 Å². The van der Waals surface area contributed by atoms with Crippen molar-refractivity contribution in [3.8, 4) is 0 Å². The van der Waals surface area contributed by atoms with Crippen LogP contribution in [0.2, 0.25) is 0 Å². The number of rotatable bonds is 0. The van der Waals surface area contributed by atoms with E-state index in [9.17, 15) is 0 Å². The van der Waals surface area contributed by atoms with Crippen LogP contribution < -0.4 is 0 Å². The SMILES string of the molecule is c1cc2cc3ncnc3cc2on1. The van der Waals surface area contributed by atoms with Crippen molar-refractivity contribution in [2.45, 2.75) is 0 Å². The summed E-state index contributed by atoms with van der Waals surface area (Å²) in [4.78, 5) is 8.17. The summed E-state index contributed by atoms with van der Waals surface area (Å²) >= 11 is 0. The van der Waals surface area contributed by atoms with Crippen molar-refractivity contribution in [3.05, 3.63) is 30.7 Å². The van der Waals surface area contributed by atoms with Crippen molar-refractivity contribution in [1.29, 1.82) is 0 Å². The molecule has 0 aliphatic rings. The van der Waals surface area contributed by atoms with Gasteiger partial charge in [0.2, 0.25) is 0 Å². The lowest BCUT2D eigenvalue weighted by molar-refractivity contribution is 0.442. The largest absolute Gasteiger partial charge is 0.356 e. The maximum Gasteiger partial charge on any atom is 0.167 e. The summed E-state index contributed by atoms with van der Waals surface area (Å²) < 4.78 is 5.07. The van der Waals surface area contributed by atoms with Gasteiger partial charge in [0.15, 0.2) is 5.58 Å². The van der Waals surface area contributed by atoms with E-state index in [4.69, 9.17) is 4.52 Å². The molecule has 62 valence electrons. The second-order valence-corrected chi connectivity index (χ2v) is 2.76. The fraction of sp³-hybridized carbons (Fsp3) is 0. The van der Waals surface area contributed by atoms with Gasteiger partial charge in [0.1, 0.15) is 6.33 Å². The summed E-state index contributed by atoms with van der Waals surface area (Å²) in [6.45, 7) is 0. The van der Waals surface area contributed by atoms with Gasteiger partial charge in [0, 0.05) is 11.5 Å². The molecule has 0 N–H and O–H groups in total. The maximum absolute atomic E-state index is 5.07. The summed E-state index contributed by atoms with van der Waals surface area (Å²) in [6, 6.07) is 5.65. The lowest BCUT2D eigenvalue weighted by Crippen LogP contribution is -1.76. The third-order valence-electron chi connectivity index (χ3n) is 1.97. The Labute approximate surface area is 73.2 Å². The molecule has 0 amide bonds. The number of hydrogen-bond acceptors (Lipinski definition) is 4. The Morgan fingerprint density at radius 3 is 2.85 bits per heavy atom. The molecule has 0 bridgehead atoms. The Hall–Kier alpha value is -1.97. The van der Waals surface area contributed by atoms with Gasteiger partial charge in [0.05, 0.1) is 17.2 Å². The van der Waals surface area contributed by atoms with Gasteiger partial charge in [-0.3, -0.25) is 0 Å². The van der Waals surface area contributed by atoms with Crippen LogP contribution in [0.3, 0.4) is 0 Å². The molecule has 2 aromatic heterocycles. The third kappa shape index (κ3) is 0.885. The van der Waals surface area contributed by atoms with Crippen LogP contribution in [0.1, 0.15) is 0 Å². The maximum atomic E-state index is 5.07. The second kappa shape index (κ2) is 2.26. The minimum absolute atomic E-state index is 0.732. The van der Waals surface area contributed by atoms with Gasteiger partial charge < -0.3 is 4.52 Å². The number of benzene rings is 1. The molecular formula is C9H5N3O. The number of nitrogens with zero attached hydrogens (tertiary/aromatic N) is 3. The molecule has 1 aromatic carbocycles. The molecule has 2 heterocycles. The smallest absolute Gasteiger partial charge is 0.167 e. The van der Waals surface area contributed by atoms with E-state index >= 15 is 0 Å². The zero-order valence-corrected chi connectivity index (χ0v) is 6.64. The lowest BCUT2D eigenvalue weighted by Gasteiger charge is -1.93. The normalized spacial score (nSPS) is 11.1. The van der Waals surface area contributed by atoms with Gasteiger partial charge in [-0.2, -0.15) is 0 Å². The van der Waals surface area contributed by atoms with Crippen LogP contribution in [0.5, 0.6) is 0 Å². The fourth-order valence-corrected chi connectivity index (χ4v) is 1.34. The molecule has 4 nitrogen and oxygen atoms in total. The first-order valence-corrected chi connectivity index (χ1v) is 3.89. The van der Waals surface area contributed by atoms with Gasteiger partial charge in [-0.15, -0.1) is 0 Å². The topological polar surface area (TPSA) is 51.8 Å². The Balaban J connectivity index is 2.57. The number of aromatic nitrogens is 3. The Morgan fingerprint density at radius 2 is 1.92 bits per heavy atom. The Morgan fingerprint density at radius 1 is 1.08 bits per heavy atom. The van der Waals surface area contributed by atoms with Crippen molar-refractivity contribution in [1.82, 2.24) is 15.1 Å². The standard InChI is InChI=1S/C9H5N3O/c1-2-12-13-9-4-8-7(3-6(1)9)10-5-11-8/h1-5H. The average Bonchev–Trinajstić information content (AvgIpc) is 2.61. The van der Waals surface area contributed by atoms with Crippen LogP contribution in [-0.4, -0.2) is 15.1 Å². The van der Waals surface area contributed by atoms with Gasteiger partial charge in [-0.25, -0.2) is 9.97 Å². The molecule has 0 atom stereocenters. The van der Waals surface area contributed by atoms with E-state index in [2.05, 4.69) is 15.1 Å². The van der Waals surface area contributed by atoms with Gasteiger partial charge >= 0.3 is 0 Å². The first-order valence-electron chi connectivity index (χ1n) is 3.89. The van der Waals surface area contributed by atoms with E-state index in [0.717, 1.165) is 22.0 Å². The molecule has 13 heavy (non-hydrogen) atoms. The van der Waals surface area contributed by atoms with Crippen LogP contribution in [0.15, 0.2) is 35.2 Å². The molecule has 0 saturated heterocycles. The fourth-order valence-electron chi connectivity index (χ4n) is 1.34. The van der Waals surface area contributed by atoms with Crippen molar-refractivity contribution < 1.29 is 4.52 Å². The summed E-state index contributed by atoms with van der Waals surface area (Å²) in [5, 5.41) is 4.67. The van der Waals surface area contributed by atoms with E-state index in [1.165, 1.54) is 6.33 Å². The van der Waals surface area contributed by atoms with Gasteiger partial charge in [-0.1, -0.05) is 5.16 Å². The predicted octanol–water partition coefficient (Wildman–Crippen LogP) is 1.77. The highest BCUT2D eigenvalue weighted by atomic mass is 16.5. The van der Waals surface area contributed by atoms with E-state index in [1.807, 2.05) is 18.2 Å². The van der Waals surface area contributed by atoms with E-state index in [0.29, 0.717) is 0 Å². The minimum atomic E-state index is 0.732. The zero-order chi connectivity index (χ0) is 8.67. The molecule has 0 saturated carbocycles. The van der Waals surface area contributed by atoms with Crippen LogP contribution in [-0.2, 0) is 0 Å². The summed E-state index contributed by atoms with van der Waals surface area (Å²) in [5.74, 6) is 0. The van der Waals surface area contributed by atoms with Crippen molar-refractivity contribution >= 4 is 22.0 Å². The molecule has 3 aromatic rings. The molecule has 0 fully saturated rings. The minimum Gasteiger partial charge on any atom is -0.356 e. The van der Waals surface area contributed by atoms with E-state index in [-0.39, 0.29) is 0 Å². The van der Waals surface area contributed by atoms with Crippen LogP contribution in [0, 0.1) is 0 Å². The number of imidazole rings is 1. The predicted molar refractivity (Wildman–Crippen MR) is 47.1 cm³/mol. The number of fused-ring (bicyclic) bond motifs is 2. The summed E-state index contributed by atoms with van der Waals surface area (Å²) in [6.07, 6.45) is 3.15.